The molecular weight excluding hydrogens is 356 g/mol. The van der Waals surface area contributed by atoms with Crippen molar-refractivity contribution in [3.63, 3.8) is 0 Å². The van der Waals surface area contributed by atoms with Crippen molar-refractivity contribution in [3.8, 4) is 5.69 Å². The number of carbonyl (C=O) groups excluding carboxylic acids is 1. The zero-order valence-corrected chi connectivity index (χ0v) is 13.9. The maximum absolute atomic E-state index is 11.9. The fraction of sp³-hybridized carbons (Fsp3) is 0.111. The molecule has 116 valence electrons. The smallest absolute Gasteiger partial charge is 0.310 e. The van der Waals surface area contributed by atoms with Gasteiger partial charge in [-0.2, -0.15) is 0 Å². The largest absolute Gasteiger partial charge is 0.461 e. The van der Waals surface area contributed by atoms with Crippen LogP contribution in [0.3, 0.4) is 0 Å². The van der Waals surface area contributed by atoms with Gasteiger partial charge in [0, 0.05) is 24.3 Å². The van der Waals surface area contributed by atoms with Crippen LogP contribution in [-0.4, -0.2) is 15.5 Å². The van der Waals surface area contributed by atoms with E-state index in [0.717, 1.165) is 21.4 Å². The fourth-order valence-corrected chi connectivity index (χ4v) is 2.62. The topological polar surface area (TPSA) is 44.1 Å². The summed E-state index contributed by atoms with van der Waals surface area (Å²) in [5, 5.41) is 0. The molecule has 0 N–H and O–H groups in total. The second-order valence-electron chi connectivity index (χ2n) is 5.08. The highest BCUT2D eigenvalue weighted by atomic mass is 79.9. The average Bonchev–Trinajstić information content (AvgIpc) is 3.08. The molecule has 3 aromatic rings. The molecule has 0 saturated carbocycles. The van der Waals surface area contributed by atoms with Crippen molar-refractivity contribution in [1.82, 2.24) is 9.55 Å². The first-order valence-corrected chi connectivity index (χ1v) is 7.98. The van der Waals surface area contributed by atoms with E-state index in [-0.39, 0.29) is 19.0 Å². The minimum Gasteiger partial charge on any atom is -0.461 e. The number of esters is 1. The van der Waals surface area contributed by atoms with Gasteiger partial charge in [0.15, 0.2) is 0 Å². The normalized spacial score (nSPS) is 10.5. The molecule has 2 heterocycles. The Labute approximate surface area is 142 Å². The maximum Gasteiger partial charge on any atom is 0.310 e. The van der Waals surface area contributed by atoms with Crippen molar-refractivity contribution in [2.24, 2.45) is 0 Å². The van der Waals surface area contributed by atoms with Crippen molar-refractivity contribution in [2.45, 2.75) is 13.0 Å². The SMILES string of the molecule is O=C(Cc1ccc(-n2cccc2)cc1)OCc1ccnc(Br)c1. The van der Waals surface area contributed by atoms with Crippen LogP contribution in [0.5, 0.6) is 0 Å². The Morgan fingerprint density at radius 1 is 1.09 bits per heavy atom. The molecule has 0 radical (unpaired) electrons. The van der Waals surface area contributed by atoms with E-state index < -0.39 is 0 Å². The van der Waals surface area contributed by atoms with Gasteiger partial charge >= 0.3 is 5.97 Å². The van der Waals surface area contributed by atoms with Crippen LogP contribution >= 0.6 is 15.9 Å². The number of hydrogen-bond donors (Lipinski definition) is 0. The number of hydrogen-bond acceptors (Lipinski definition) is 3. The lowest BCUT2D eigenvalue weighted by atomic mass is 10.1. The van der Waals surface area contributed by atoms with Crippen molar-refractivity contribution >= 4 is 21.9 Å². The first-order chi connectivity index (χ1) is 11.2. The molecule has 0 aliphatic rings. The van der Waals surface area contributed by atoms with Gasteiger partial charge in [0.2, 0.25) is 0 Å². The second kappa shape index (κ2) is 7.24. The van der Waals surface area contributed by atoms with Gasteiger partial charge in [-0.25, -0.2) is 4.98 Å². The summed E-state index contributed by atoms with van der Waals surface area (Å²) in [6, 6.07) is 15.5. The lowest BCUT2D eigenvalue weighted by molar-refractivity contribution is -0.144. The number of aromatic nitrogens is 2. The lowest BCUT2D eigenvalue weighted by Crippen LogP contribution is -2.08. The second-order valence-corrected chi connectivity index (χ2v) is 5.89. The first kappa shape index (κ1) is 15.5. The Hall–Kier alpha value is -2.40. The minimum absolute atomic E-state index is 0.244. The van der Waals surface area contributed by atoms with Gasteiger partial charge in [-0.05, 0) is 63.5 Å². The Kier molecular flexibility index (Phi) is 4.88. The van der Waals surface area contributed by atoms with Gasteiger partial charge in [-0.1, -0.05) is 12.1 Å². The Bertz CT molecular complexity index is 783. The molecule has 0 amide bonds. The van der Waals surface area contributed by atoms with Crippen molar-refractivity contribution in [1.29, 1.82) is 0 Å². The van der Waals surface area contributed by atoms with Gasteiger partial charge in [0.1, 0.15) is 11.2 Å². The lowest BCUT2D eigenvalue weighted by Gasteiger charge is -2.07. The quantitative estimate of drug-likeness (QED) is 0.504. The standard InChI is InChI=1S/C18H15BrN2O2/c19-17-11-15(7-8-20-17)13-23-18(22)12-14-3-5-16(6-4-14)21-9-1-2-10-21/h1-11H,12-13H2. The van der Waals surface area contributed by atoms with Crippen LogP contribution in [0.15, 0.2) is 71.7 Å². The molecule has 0 aliphatic carbocycles. The molecule has 0 bridgehead atoms. The number of rotatable bonds is 5. The van der Waals surface area contributed by atoms with E-state index in [9.17, 15) is 4.79 Å². The summed E-state index contributed by atoms with van der Waals surface area (Å²) in [4.78, 5) is 16.0. The zero-order chi connectivity index (χ0) is 16.1. The number of nitrogens with zero attached hydrogens (tertiary/aromatic N) is 2. The molecular formula is C18H15BrN2O2. The number of benzene rings is 1. The van der Waals surface area contributed by atoms with Gasteiger partial charge in [-0.15, -0.1) is 0 Å². The van der Waals surface area contributed by atoms with Crippen LogP contribution in [-0.2, 0) is 22.6 Å². The number of ether oxygens (including phenoxy) is 1. The third kappa shape index (κ3) is 4.29. The van der Waals surface area contributed by atoms with Crippen molar-refractivity contribution in [3.05, 3.63) is 82.9 Å². The molecule has 0 atom stereocenters. The molecule has 0 unspecified atom stereocenters. The number of halogens is 1. The van der Waals surface area contributed by atoms with E-state index in [0.29, 0.717) is 0 Å². The number of carbonyl (C=O) groups is 1. The fourth-order valence-electron chi connectivity index (χ4n) is 2.21. The minimum atomic E-state index is -0.244. The molecule has 3 rings (SSSR count). The molecule has 1 aromatic carbocycles. The number of pyridine rings is 1. The molecule has 5 heteroatoms. The predicted octanol–water partition coefficient (Wildman–Crippen LogP) is 3.92. The highest BCUT2D eigenvalue weighted by Crippen LogP contribution is 2.12. The van der Waals surface area contributed by atoms with Gasteiger partial charge in [-0.3, -0.25) is 4.79 Å². The van der Waals surface area contributed by atoms with Gasteiger partial charge in [0.05, 0.1) is 6.42 Å². The monoisotopic (exact) mass is 370 g/mol. The summed E-state index contributed by atoms with van der Waals surface area (Å²) >= 11 is 3.29. The van der Waals surface area contributed by atoms with Crippen molar-refractivity contribution < 1.29 is 9.53 Å². The summed E-state index contributed by atoms with van der Waals surface area (Å²) in [6.07, 6.45) is 5.90. The molecule has 2 aromatic heterocycles. The summed E-state index contributed by atoms with van der Waals surface area (Å²) in [5.74, 6) is -0.244. The Morgan fingerprint density at radius 2 is 1.83 bits per heavy atom. The van der Waals surface area contributed by atoms with Crippen LogP contribution in [0.2, 0.25) is 0 Å². The molecule has 0 aliphatic heterocycles. The Balaban J connectivity index is 1.55. The molecule has 0 fully saturated rings. The van der Waals surface area contributed by atoms with Crippen LogP contribution in [0.1, 0.15) is 11.1 Å². The molecule has 4 nitrogen and oxygen atoms in total. The summed E-state index contributed by atoms with van der Waals surface area (Å²) in [5.41, 5.74) is 2.90. The summed E-state index contributed by atoms with van der Waals surface area (Å²) in [6.45, 7) is 0.251. The van der Waals surface area contributed by atoms with Gasteiger partial charge < -0.3 is 9.30 Å². The third-order valence-electron chi connectivity index (χ3n) is 3.38. The van der Waals surface area contributed by atoms with E-state index >= 15 is 0 Å². The van der Waals surface area contributed by atoms with Crippen LogP contribution in [0, 0.1) is 0 Å². The summed E-state index contributed by atoms with van der Waals surface area (Å²) < 4.78 is 8.04. The van der Waals surface area contributed by atoms with E-state index in [4.69, 9.17) is 4.74 Å². The van der Waals surface area contributed by atoms with Crippen molar-refractivity contribution in [2.75, 3.05) is 0 Å². The highest BCUT2D eigenvalue weighted by molar-refractivity contribution is 9.10. The molecule has 0 spiro atoms. The highest BCUT2D eigenvalue weighted by Gasteiger charge is 2.06. The van der Waals surface area contributed by atoms with Gasteiger partial charge in [0.25, 0.3) is 0 Å². The predicted molar refractivity (Wildman–Crippen MR) is 91.2 cm³/mol. The third-order valence-corrected chi connectivity index (χ3v) is 3.81. The van der Waals surface area contributed by atoms with Crippen LogP contribution in [0.4, 0.5) is 0 Å². The average molecular weight is 371 g/mol. The van der Waals surface area contributed by atoms with Crippen LogP contribution < -0.4 is 0 Å². The Morgan fingerprint density at radius 3 is 2.52 bits per heavy atom. The van der Waals surface area contributed by atoms with E-state index in [1.807, 2.05) is 65.5 Å². The molecule has 0 saturated heterocycles. The van der Waals surface area contributed by atoms with E-state index in [2.05, 4.69) is 20.9 Å². The first-order valence-electron chi connectivity index (χ1n) is 7.19. The maximum atomic E-state index is 11.9. The molecule has 23 heavy (non-hydrogen) atoms. The zero-order valence-electron chi connectivity index (χ0n) is 12.4. The van der Waals surface area contributed by atoms with E-state index in [1.54, 1.807) is 6.20 Å². The van der Waals surface area contributed by atoms with E-state index in [1.165, 1.54) is 0 Å². The summed E-state index contributed by atoms with van der Waals surface area (Å²) in [7, 11) is 0. The van der Waals surface area contributed by atoms with Crippen LogP contribution in [0.25, 0.3) is 5.69 Å².